The summed E-state index contributed by atoms with van der Waals surface area (Å²) in [6.45, 7) is 3.93. The average Bonchev–Trinajstić information content (AvgIpc) is 2.15. The summed E-state index contributed by atoms with van der Waals surface area (Å²) in [5.74, 6) is 0.327. The second-order valence-corrected chi connectivity index (χ2v) is 3.98. The van der Waals surface area contributed by atoms with Crippen LogP contribution in [0.25, 0.3) is 0 Å². The molecule has 0 aliphatic carbocycles. The Balaban J connectivity index is 3.15. The van der Waals surface area contributed by atoms with Gasteiger partial charge in [0.2, 0.25) is 5.91 Å². The third-order valence-corrected chi connectivity index (χ3v) is 2.47. The zero-order valence-corrected chi connectivity index (χ0v) is 9.91. The van der Waals surface area contributed by atoms with Crippen LogP contribution in [0.2, 0.25) is 0 Å². The number of carbonyl (C=O) groups excluding carboxylic acids is 1. The Morgan fingerprint density at radius 1 is 1.44 bits per heavy atom. The molecule has 0 radical (unpaired) electrons. The molecule has 1 rings (SSSR count). The monoisotopic (exact) mass is 222 g/mol. The predicted molar refractivity (Wildman–Crippen MR) is 63.2 cm³/mol. The number of ether oxygens (including phenoxy) is 1. The molecule has 0 heterocycles. The van der Waals surface area contributed by atoms with Crippen LogP contribution in [0.4, 0.5) is 0 Å². The third-order valence-electron chi connectivity index (χ3n) is 2.47. The highest BCUT2D eigenvalue weighted by Gasteiger charge is 2.16. The van der Waals surface area contributed by atoms with E-state index in [1.807, 2.05) is 26.0 Å². The molecule has 1 atom stereocenters. The standard InChI is InChI=1S/C12H18N2O2/c1-7-4-8(2)12(16-3)9(5-7)10(13)6-11(14)15/h4-5,10H,6,13H2,1-3H3,(H2,14,15). The first-order chi connectivity index (χ1) is 7.45. The summed E-state index contributed by atoms with van der Waals surface area (Å²) in [7, 11) is 1.60. The topological polar surface area (TPSA) is 78.3 Å². The molecule has 4 heteroatoms. The van der Waals surface area contributed by atoms with E-state index < -0.39 is 11.9 Å². The van der Waals surface area contributed by atoms with Crippen LogP contribution in [-0.4, -0.2) is 13.0 Å². The molecule has 1 aromatic rings. The van der Waals surface area contributed by atoms with Crippen LogP contribution in [0.3, 0.4) is 0 Å². The number of carbonyl (C=O) groups is 1. The Labute approximate surface area is 95.6 Å². The van der Waals surface area contributed by atoms with Crippen LogP contribution in [0.5, 0.6) is 5.75 Å². The van der Waals surface area contributed by atoms with Crippen LogP contribution >= 0.6 is 0 Å². The summed E-state index contributed by atoms with van der Waals surface area (Å²) >= 11 is 0. The normalized spacial score (nSPS) is 12.2. The molecule has 88 valence electrons. The number of methoxy groups -OCH3 is 1. The van der Waals surface area contributed by atoms with Crippen LogP contribution in [0.15, 0.2) is 12.1 Å². The van der Waals surface area contributed by atoms with Gasteiger partial charge in [-0.1, -0.05) is 17.7 Å². The summed E-state index contributed by atoms with van der Waals surface area (Å²) in [6, 6.07) is 3.53. The fraction of sp³-hybridized carbons (Fsp3) is 0.417. The molecule has 0 aromatic heterocycles. The lowest BCUT2D eigenvalue weighted by Crippen LogP contribution is -2.21. The maximum atomic E-state index is 10.9. The molecule has 0 saturated heterocycles. The minimum Gasteiger partial charge on any atom is -0.496 e. The highest BCUT2D eigenvalue weighted by Crippen LogP contribution is 2.30. The maximum Gasteiger partial charge on any atom is 0.219 e. The van der Waals surface area contributed by atoms with E-state index in [-0.39, 0.29) is 6.42 Å². The Morgan fingerprint density at radius 3 is 2.56 bits per heavy atom. The van der Waals surface area contributed by atoms with Gasteiger partial charge in [0.15, 0.2) is 0 Å². The van der Waals surface area contributed by atoms with Crippen molar-refractivity contribution in [1.82, 2.24) is 0 Å². The lowest BCUT2D eigenvalue weighted by atomic mass is 9.98. The number of rotatable bonds is 4. The van der Waals surface area contributed by atoms with Crippen molar-refractivity contribution in [3.63, 3.8) is 0 Å². The van der Waals surface area contributed by atoms with Gasteiger partial charge in [-0.25, -0.2) is 0 Å². The zero-order valence-electron chi connectivity index (χ0n) is 9.91. The zero-order chi connectivity index (χ0) is 12.3. The van der Waals surface area contributed by atoms with Crippen LogP contribution in [0, 0.1) is 13.8 Å². The molecule has 16 heavy (non-hydrogen) atoms. The Kier molecular flexibility index (Phi) is 3.90. The Bertz CT molecular complexity index is 402. The molecular weight excluding hydrogens is 204 g/mol. The van der Waals surface area contributed by atoms with Crippen molar-refractivity contribution in [1.29, 1.82) is 0 Å². The van der Waals surface area contributed by atoms with E-state index in [2.05, 4.69) is 0 Å². The van der Waals surface area contributed by atoms with Gasteiger partial charge in [-0.15, -0.1) is 0 Å². The summed E-state index contributed by atoms with van der Waals surface area (Å²) in [6.07, 6.45) is 0.124. The van der Waals surface area contributed by atoms with E-state index in [0.29, 0.717) is 0 Å². The van der Waals surface area contributed by atoms with Crippen molar-refractivity contribution in [2.45, 2.75) is 26.3 Å². The first-order valence-corrected chi connectivity index (χ1v) is 5.14. The molecule has 0 spiro atoms. The Morgan fingerprint density at radius 2 is 2.06 bits per heavy atom. The molecule has 4 nitrogen and oxygen atoms in total. The van der Waals surface area contributed by atoms with E-state index in [0.717, 1.165) is 22.4 Å². The third kappa shape index (κ3) is 2.73. The van der Waals surface area contributed by atoms with E-state index in [4.69, 9.17) is 16.2 Å². The molecule has 0 aliphatic heterocycles. The first-order valence-electron chi connectivity index (χ1n) is 5.14. The molecule has 1 unspecified atom stereocenters. The van der Waals surface area contributed by atoms with Gasteiger partial charge in [0.25, 0.3) is 0 Å². The number of primary amides is 1. The number of amides is 1. The minimum absolute atomic E-state index is 0.124. The van der Waals surface area contributed by atoms with Gasteiger partial charge in [-0.3, -0.25) is 4.79 Å². The summed E-state index contributed by atoms with van der Waals surface area (Å²) in [5.41, 5.74) is 14.0. The maximum absolute atomic E-state index is 10.9. The Hall–Kier alpha value is -1.55. The second-order valence-electron chi connectivity index (χ2n) is 3.98. The molecule has 0 aliphatic rings. The van der Waals surface area contributed by atoms with Gasteiger partial charge < -0.3 is 16.2 Å². The van der Waals surface area contributed by atoms with Crippen molar-refractivity contribution in [3.8, 4) is 5.75 Å². The number of hydrogen-bond donors (Lipinski definition) is 2. The lowest BCUT2D eigenvalue weighted by Gasteiger charge is -2.17. The lowest BCUT2D eigenvalue weighted by molar-refractivity contribution is -0.118. The number of hydrogen-bond acceptors (Lipinski definition) is 3. The van der Waals surface area contributed by atoms with Gasteiger partial charge in [-0.2, -0.15) is 0 Å². The van der Waals surface area contributed by atoms with E-state index >= 15 is 0 Å². The SMILES string of the molecule is COc1c(C)cc(C)cc1C(N)CC(N)=O. The van der Waals surface area contributed by atoms with Crippen molar-refractivity contribution in [3.05, 3.63) is 28.8 Å². The molecule has 1 amide bonds. The van der Waals surface area contributed by atoms with Crippen LogP contribution in [0.1, 0.15) is 29.2 Å². The van der Waals surface area contributed by atoms with E-state index in [9.17, 15) is 4.79 Å². The second kappa shape index (κ2) is 4.99. The molecule has 0 fully saturated rings. The fourth-order valence-corrected chi connectivity index (χ4v) is 1.87. The van der Waals surface area contributed by atoms with Crippen molar-refractivity contribution < 1.29 is 9.53 Å². The minimum atomic E-state index is -0.411. The quantitative estimate of drug-likeness (QED) is 0.803. The van der Waals surface area contributed by atoms with Gasteiger partial charge in [-0.05, 0) is 19.4 Å². The van der Waals surface area contributed by atoms with Gasteiger partial charge in [0.05, 0.1) is 7.11 Å². The molecular formula is C12H18N2O2. The van der Waals surface area contributed by atoms with Gasteiger partial charge in [0, 0.05) is 18.0 Å². The smallest absolute Gasteiger partial charge is 0.219 e. The molecule has 0 saturated carbocycles. The van der Waals surface area contributed by atoms with Gasteiger partial charge in [0.1, 0.15) is 5.75 Å². The molecule has 0 bridgehead atoms. The predicted octanol–water partition coefficient (Wildman–Crippen LogP) is 1.19. The number of nitrogens with two attached hydrogens (primary N) is 2. The summed E-state index contributed by atoms with van der Waals surface area (Å²) < 4.78 is 5.30. The largest absolute Gasteiger partial charge is 0.496 e. The van der Waals surface area contributed by atoms with Crippen molar-refractivity contribution >= 4 is 5.91 Å². The summed E-state index contributed by atoms with van der Waals surface area (Å²) in [4.78, 5) is 10.9. The number of benzene rings is 1. The molecule has 1 aromatic carbocycles. The molecule has 4 N–H and O–H groups in total. The van der Waals surface area contributed by atoms with E-state index in [1.165, 1.54) is 0 Å². The highest BCUT2D eigenvalue weighted by molar-refractivity contribution is 5.75. The van der Waals surface area contributed by atoms with Crippen molar-refractivity contribution in [2.24, 2.45) is 11.5 Å². The fourth-order valence-electron chi connectivity index (χ4n) is 1.87. The van der Waals surface area contributed by atoms with Crippen LogP contribution < -0.4 is 16.2 Å². The van der Waals surface area contributed by atoms with Gasteiger partial charge >= 0.3 is 0 Å². The highest BCUT2D eigenvalue weighted by atomic mass is 16.5. The average molecular weight is 222 g/mol. The number of aryl methyl sites for hydroxylation is 2. The van der Waals surface area contributed by atoms with E-state index in [1.54, 1.807) is 7.11 Å². The van der Waals surface area contributed by atoms with Crippen LogP contribution in [-0.2, 0) is 4.79 Å². The van der Waals surface area contributed by atoms with Crippen molar-refractivity contribution in [2.75, 3.05) is 7.11 Å². The summed E-state index contributed by atoms with van der Waals surface area (Å²) in [5, 5.41) is 0. The first kappa shape index (κ1) is 12.5.